The lowest BCUT2D eigenvalue weighted by atomic mass is 10.0. The van der Waals surface area contributed by atoms with E-state index in [4.69, 9.17) is 37.0 Å². The summed E-state index contributed by atoms with van der Waals surface area (Å²) in [6.45, 7) is -0.207. The van der Waals surface area contributed by atoms with Crippen LogP contribution < -0.4 is 14.4 Å². The van der Waals surface area contributed by atoms with Crippen LogP contribution in [0.25, 0.3) is 11.3 Å². The number of nitrogens with one attached hydrogen (secondary N) is 1. The molecule has 0 atom stereocenters. The molecule has 5 rings (SSSR count). The molecular formula is C28H23Cl2F3N4O6S. The molecule has 0 saturated heterocycles. The summed E-state index contributed by atoms with van der Waals surface area (Å²) in [4.78, 5) is 17.0. The van der Waals surface area contributed by atoms with Crippen molar-refractivity contribution >= 4 is 45.1 Å². The van der Waals surface area contributed by atoms with Gasteiger partial charge in [0.15, 0.2) is 5.69 Å². The van der Waals surface area contributed by atoms with Crippen molar-refractivity contribution in [1.29, 1.82) is 0 Å². The molecule has 1 fully saturated rings. The fraction of sp³-hybridized carbons (Fsp3) is 0.250. The first-order valence-corrected chi connectivity index (χ1v) is 15.1. The maximum atomic E-state index is 14.2. The molecule has 232 valence electrons. The number of alkyl halides is 3. The van der Waals surface area contributed by atoms with Gasteiger partial charge in [0.1, 0.15) is 18.1 Å². The largest absolute Gasteiger partial charge is 0.473 e. The van der Waals surface area contributed by atoms with Crippen LogP contribution in [0, 0.1) is 0 Å². The second-order valence-electron chi connectivity index (χ2n) is 10.0. The van der Waals surface area contributed by atoms with Gasteiger partial charge < -0.3 is 14.2 Å². The van der Waals surface area contributed by atoms with Crippen molar-refractivity contribution in [1.82, 2.24) is 14.9 Å². The molecule has 1 aliphatic rings. The average Bonchev–Trinajstić information content (AvgIpc) is 3.70. The molecule has 0 spiro atoms. The van der Waals surface area contributed by atoms with E-state index in [9.17, 15) is 26.4 Å². The van der Waals surface area contributed by atoms with Gasteiger partial charge in [-0.25, -0.2) is 9.71 Å². The van der Waals surface area contributed by atoms with E-state index in [0.717, 1.165) is 12.8 Å². The molecule has 16 heteroatoms. The second-order valence-corrected chi connectivity index (χ2v) is 12.0. The number of rotatable bonds is 10. The first kappa shape index (κ1) is 31.6. The maximum Gasteiger partial charge on any atom is 0.435 e. The quantitative estimate of drug-likeness (QED) is 0.177. The fourth-order valence-electron chi connectivity index (χ4n) is 4.52. The molecule has 1 saturated carbocycles. The van der Waals surface area contributed by atoms with Crippen molar-refractivity contribution in [2.24, 2.45) is 0 Å². The molecule has 0 aliphatic heterocycles. The van der Waals surface area contributed by atoms with Gasteiger partial charge in [-0.2, -0.15) is 21.6 Å². The molecule has 2 aromatic carbocycles. The normalized spacial score (nSPS) is 13.5. The van der Waals surface area contributed by atoms with Crippen LogP contribution in [0.5, 0.6) is 5.88 Å². The number of carbonyl (C=O) groups excluding carboxylic acids is 1. The third-order valence-electron chi connectivity index (χ3n) is 6.72. The highest BCUT2D eigenvalue weighted by Gasteiger charge is 2.38. The molecule has 0 unspecified atom stereocenters. The van der Waals surface area contributed by atoms with Gasteiger partial charge in [-0.05, 0) is 48.7 Å². The van der Waals surface area contributed by atoms with Gasteiger partial charge in [0.2, 0.25) is 5.88 Å². The number of ether oxygens (including phenoxy) is 1. The summed E-state index contributed by atoms with van der Waals surface area (Å²) >= 11 is 12.8. The highest BCUT2D eigenvalue weighted by Crippen LogP contribution is 2.46. The number of pyridine rings is 1. The van der Waals surface area contributed by atoms with Gasteiger partial charge in [-0.1, -0.05) is 46.6 Å². The van der Waals surface area contributed by atoms with Gasteiger partial charge in [-0.15, -0.1) is 0 Å². The SMILES string of the molecule is CN(Cc1ccc(C(=O)NS(=O)(=O)O)cc1)c1ccc(OCc2c(-c3c(Cl)cccc3Cl)noc2C2CC2)nc1C(F)(F)F. The van der Waals surface area contributed by atoms with E-state index in [0.29, 0.717) is 38.2 Å². The van der Waals surface area contributed by atoms with Crippen molar-refractivity contribution in [3.8, 4) is 17.1 Å². The average molecular weight is 671 g/mol. The van der Waals surface area contributed by atoms with Crippen LogP contribution in [0.4, 0.5) is 18.9 Å². The predicted molar refractivity (Wildman–Crippen MR) is 155 cm³/mol. The lowest BCUT2D eigenvalue weighted by molar-refractivity contribution is -0.140. The zero-order chi connectivity index (χ0) is 31.8. The summed E-state index contributed by atoms with van der Waals surface area (Å²) < 4.78 is 85.7. The standard InChI is InChI=1S/C28H23Cl2F3N4O6S/c1-37(13-15-5-7-17(8-6-15)27(38)36-44(39,40)41)21-11-12-22(34-26(21)28(31,32)33)42-14-18-24(35-43-25(18)16-9-10-16)23-19(29)3-2-4-20(23)30/h2-8,11-12,16H,9-10,13-14H2,1H3,(H,36,38)(H,39,40,41). The number of benzene rings is 2. The zero-order valence-corrected chi connectivity index (χ0v) is 25.1. The Morgan fingerprint density at radius 3 is 2.36 bits per heavy atom. The van der Waals surface area contributed by atoms with Crippen LogP contribution in [0.15, 0.2) is 59.1 Å². The summed E-state index contributed by atoms with van der Waals surface area (Å²) in [5, 5.41) is 4.81. The minimum absolute atomic E-state index is 0.0153. The molecule has 0 radical (unpaired) electrons. The second kappa shape index (κ2) is 12.3. The molecule has 2 heterocycles. The minimum Gasteiger partial charge on any atom is -0.473 e. The molecular weight excluding hydrogens is 648 g/mol. The first-order valence-electron chi connectivity index (χ1n) is 12.9. The molecule has 2 N–H and O–H groups in total. The summed E-state index contributed by atoms with van der Waals surface area (Å²) in [6.07, 6.45) is -3.08. The topological polar surface area (TPSA) is 135 Å². The van der Waals surface area contributed by atoms with Crippen molar-refractivity contribution < 1.29 is 40.2 Å². The van der Waals surface area contributed by atoms with E-state index in [1.807, 2.05) is 0 Å². The van der Waals surface area contributed by atoms with E-state index in [1.54, 1.807) is 18.2 Å². The number of hydrogen-bond donors (Lipinski definition) is 2. The monoisotopic (exact) mass is 670 g/mol. The number of aromatic nitrogens is 2. The van der Waals surface area contributed by atoms with E-state index in [1.165, 1.54) is 53.1 Å². The van der Waals surface area contributed by atoms with Crippen LogP contribution in [-0.2, 0) is 29.6 Å². The van der Waals surface area contributed by atoms with Crippen LogP contribution in [0.1, 0.15) is 51.7 Å². The highest BCUT2D eigenvalue weighted by atomic mass is 35.5. The highest BCUT2D eigenvalue weighted by molar-refractivity contribution is 7.84. The predicted octanol–water partition coefficient (Wildman–Crippen LogP) is 6.69. The summed E-state index contributed by atoms with van der Waals surface area (Å²) in [6, 6.07) is 12.9. The van der Waals surface area contributed by atoms with Crippen LogP contribution in [-0.4, -0.2) is 36.1 Å². The fourth-order valence-corrected chi connectivity index (χ4v) is 5.45. The molecule has 0 bridgehead atoms. The van der Waals surface area contributed by atoms with Gasteiger partial charge >= 0.3 is 16.5 Å². The molecule has 4 aromatic rings. The van der Waals surface area contributed by atoms with Crippen LogP contribution >= 0.6 is 23.2 Å². The van der Waals surface area contributed by atoms with Gasteiger partial charge in [0.25, 0.3) is 5.91 Å². The number of amides is 1. The smallest absolute Gasteiger partial charge is 0.435 e. The maximum absolute atomic E-state index is 14.2. The Hall–Kier alpha value is -3.85. The lowest BCUT2D eigenvalue weighted by Crippen LogP contribution is -2.29. The van der Waals surface area contributed by atoms with E-state index in [2.05, 4.69) is 10.1 Å². The first-order chi connectivity index (χ1) is 20.7. The molecule has 1 aliphatic carbocycles. The number of anilines is 1. The zero-order valence-electron chi connectivity index (χ0n) is 22.7. The Morgan fingerprint density at radius 1 is 1.11 bits per heavy atom. The molecule has 2 aromatic heterocycles. The summed E-state index contributed by atoms with van der Waals surface area (Å²) in [5.74, 6) is -0.672. The Labute approximate surface area is 259 Å². The van der Waals surface area contributed by atoms with E-state index < -0.39 is 28.1 Å². The van der Waals surface area contributed by atoms with Gasteiger partial charge in [0.05, 0.1) is 21.3 Å². The molecule has 1 amide bonds. The van der Waals surface area contributed by atoms with Crippen molar-refractivity contribution in [3.63, 3.8) is 0 Å². The minimum atomic E-state index is -4.83. The van der Waals surface area contributed by atoms with E-state index in [-0.39, 0.29) is 36.2 Å². The third-order valence-corrected chi connectivity index (χ3v) is 7.79. The Kier molecular flexibility index (Phi) is 8.80. The molecule has 44 heavy (non-hydrogen) atoms. The Morgan fingerprint density at radius 2 is 1.77 bits per heavy atom. The summed E-state index contributed by atoms with van der Waals surface area (Å²) in [7, 11) is -3.31. The molecule has 10 nitrogen and oxygen atoms in total. The number of nitrogens with zero attached hydrogens (tertiary/aromatic N) is 3. The number of halogens is 5. The summed E-state index contributed by atoms with van der Waals surface area (Å²) in [5.41, 5.74) is 0.317. The van der Waals surface area contributed by atoms with Gasteiger partial charge in [0, 0.05) is 36.7 Å². The Balaban J connectivity index is 1.36. The Bertz CT molecular complexity index is 1790. The third kappa shape index (κ3) is 7.26. The number of carbonyl (C=O) groups is 1. The van der Waals surface area contributed by atoms with Crippen molar-refractivity contribution in [2.45, 2.75) is 38.1 Å². The van der Waals surface area contributed by atoms with Gasteiger partial charge in [-0.3, -0.25) is 9.35 Å². The van der Waals surface area contributed by atoms with Crippen LogP contribution in [0.2, 0.25) is 10.0 Å². The number of hydrogen-bond acceptors (Lipinski definition) is 8. The van der Waals surface area contributed by atoms with Crippen molar-refractivity contribution in [3.05, 3.63) is 92.8 Å². The van der Waals surface area contributed by atoms with E-state index >= 15 is 0 Å². The van der Waals surface area contributed by atoms with Crippen LogP contribution in [0.3, 0.4) is 0 Å². The van der Waals surface area contributed by atoms with Crippen molar-refractivity contribution in [2.75, 3.05) is 11.9 Å². The lowest BCUT2D eigenvalue weighted by Gasteiger charge is -2.23.